The highest BCUT2D eigenvalue weighted by Gasteiger charge is 2.27. The Bertz CT molecular complexity index is 526. The van der Waals surface area contributed by atoms with Crippen LogP contribution >= 0.6 is 0 Å². The van der Waals surface area contributed by atoms with Crippen LogP contribution < -0.4 is 0 Å². The van der Waals surface area contributed by atoms with Gasteiger partial charge in [0.15, 0.2) is 0 Å². The largest absolute Gasteiger partial charge is 0.128 e. The molecule has 0 heterocycles. The summed E-state index contributed by atoms with van der Waals surface area (Å²) in [5.41, 5.74) is 4.58. The lowest BCUT2D eigenvalue weighted by molar-refractivity contribution is 0.340. The minimum absolute atomic E-state index is 0.0524. The minimum atomic E-state index is 0.0524. The summed E-state index contributed by atoms with van der Waals surface area (Å²) >= 11 is 0. The molecule has 0 spiro atoms. The molecule has 0 saturated heterocycles. The molecule has 0 radical (unpaired) electrons. The van der Waals surface area contributed by atoms with Gasteiger partial charge in [0.1, 0.15) is 0 Å². The van der Waals surface area contributed by atoms with Crippen molar-refractivity contribution in [2.75, 3.05) is 0 Å². The lowest BCUT2D eigenvalue weighted by Gasteiger charge is -2.28. The number of benzene rings is 1. The van der Waals surface area contributed by atoms with E-state index in [1.54, 1.807) is 0 Å². The van der Waals surface area contributed by atoms with Gasteiger partial charge in [-0.2, -0.15) is 0 Å². The molecule has 0 N–H and O–H groups in total. The average Bonchev–Trinajstić information content (AvgIpc) is 2.55. The van der Waals surface area contributed by atoms with E-state index in [2.05, 4.69) is 60.9 Å². The Morgan fingerprint density at radius 1 is 1.10 bits per heavy atom. The first-order valence-electron chi connectivity index (χ1n) is 8.35. The Hall–Kier alpha value is -1.70. The molecule has 0 unspecified atom stereocenters. The molecule has 1 aromatic rings. The van der Waals surface area contributed by atoms with Crippen molar-refractivity contribution in [3.8, 4) is 11.8 Å². The zero-order chi connectivity index (χ0) is 14.8. The van der Waals surface area contributed by atoms with Gasteiger partial charge in [-0.05, 0) is 50.0 Å². The zero-order valence-electron chi connectivity index (χ0n) is 13.2. The van der Waals surface area contributed by atoms with Gasteiger partial charge >= 0.3 is 0 Å². The zero-order valence-corrected chi connectivity index (χ0v) is 13.2. The second kappa shape index (κ2) is 8.56. The van der Waals surface area contributed by atoms with Gasteiger partial charge in [-0.1, -0.05) is 62.6 Å². The van der Waals surface area contributed by atoms with Crippen LogP contribution in [0.5, 0.6) is 0 Å². The van der Waals surface area contributed by atoms with Crippen molar-refractivity contribution in [3.05, 3.63) is 53.8 Å². The van der Waals surface area contributed by atoms with Gasteiger partial charge in [0.2, 0.25) is 0 Å². The fourth-order valence-electron chi connectivity index (χ4n) is 2.81. The molecule has 1 aliphatic carbocycles. The Morgan fingerprint density at radius 2 is 1.86 bits per heavy atom. The first kappa shape index (κ1) is 15.7. The third-order valence-corrected chi connectivity index (χ3v) is 4.15. The van der Waals surface area contributed by atoms with Gasteiger partial charge in [-0.3, -0.25) is 0 Å². The van der Waals surface area contributed by atoms with Crippen molar-refractivity contribution in [3.63, 3.8) is 0 Å². The normalized spacial score (nSPS) is 16.2. The molecule has 0 aliphatic heterocycles. The first-order valence-corrected chi connectivity index (χ1v) is 8.35. The Balaban J connectivity index is 2.14. The summed E-state index contributed by atoms with van der Waals surface area (Å²) in [5, 5.41) is 0. The summed E-state index contributed by atoms with van der Waals surface area (Å²) in [6.45, 7) is 2.23. The second-order valence-corrected chi connectivity index (χ2v) is 5.99. The third kappa shape index (κ3) is 5.30. The summed E-state index contributed by atoms with van der Waals surface area (Å²) in [5.74, 6) is 6.93. The molecule has 2 rings (SSSR count). The average molecular weight is 278 g/mol. The third-order valence-electron chi connectivity index (χ3n) is 4.15. The van der Waals surface area contributed by atoms with Gasteiger partial charge in [-0.15, -0.1) is 5.73 Å². The van der Waals surface area contributed by atoms with Crippen LogP contribution in [0.4, 0.5) is 0 Å². The standard InChI is InChI=1S/C21H26/c1-2-3-4-5-10-16-21(17-11-7-12-18-21)19-15-20-13-8-6-9-14-20/h5-6,8-9,13-14,16H,2-4,7,11-12,17-18H2,1H3. The van der Waals surface area contributed by atoms with Gasteiger partial charge in [0.25, 0.3) is 0 Å². The Kier molecular flexibility index (Phi) is 6.39. The van der Waals surface area contributed by atoms with E-state index in [4.69, 9.17) is 0 Å². The highest BCUT2D eigenvalue weighted by Crippen LogP contribution is 2.36. The van der Waals surface area contributed by atoms with E-state index < -0.39 is 0 Å². The van der Waals surface area contributed by atoms with Crippen LogP contribution in [-0.4, -0.2) is 0 Å². The van der Waals surface area contributed by atoms with Crippen LogP contribution in [0.15, 0.2) is 48.2 Å². The molecule has 110 valence electrons. The molecule has 21 heavy (non-hydrogen) atoms. The predicted molar refractivity (Wildman–Crippen MR) is 91.0 cm³/mol. The van der Waals surface area contributed by atoms with Crippen molar-refractivity contribution in [1.82, 2.24) is 0 Å². The van der Waals surface area contributed by atoms with Crippen LogP contribution in [0, 0.1) is 17.3 Å². The number of rotatable bonds is 4. The van der Waals surface area contributed by atoms with Crippen molar-refractivity contribution in [2.24, 2.45) is 5.41 Å². The van der Waals surface area contributed by atoms with Crippen molar-refractivity contribution in [1.29, 1.82) is 0 Å². The summed E-state index contributed by atoms with van der Waals surface area (Å²) in [4.78, 5) is 0. The topological polar surface area (TPSA) is 0 Å². The Labute approximate surface area is 130 Å². The maximum atomic E-state index is 3.55. The second-order valence-electron chi connectivity index (χ2n) is 5.99. The molecule has 1 fully saturated rings. The summed E-state index contributed by atoms with van der Waals surface area (Å²) in [6.07, 6.45) is 14.4. The van der Waals surface area contributed by atoms with Crippen molar-refractivity contribution in [2.45, 2.75) is 58.3 Å². The molecular formula is C21H26. The predicted octanol–water partition coefficient (Wildman–Crippen LogP) is 5.89. The number of allylic oxidation sites excluding steroid dienone is 1. The monoisotopic (exact) mass is 278 g/mol. The van der Waals surface area contributed by atoms with Gasteiger partial charge < -0.3 is 0 Å². The van der Waals surface area contributed by atoms with E-state index in [1.165, 1.54) is 44.9 Å². The van der Waals surface area contributed by atoms with Crippen LogP contribution in [0.25, 0.3) is 0 Å². The maximum Gasteiger partial charge on any atom is 0.0570 e. The Morgan fingerprint density at radius 3 is 2.57 bits per heavy atom. The highest BCUT2D eigenvalue weighted by molar-refractivity contribution is 5.37. The summed E-state index contributed by atoms with van der Waals surface area (Å²) in [6, 6.07) is 10.3. The van der Waals surface area contributed by atoms with E-state index >= 15 is 0 Å². The molecule has 0 heteroatoms. The fraction of sp³-hybridized carbons (Fsp3) is 0.476. The summed E-state index contributed by atoms with van der Waals surface area (Å²) in [7, 11) is 0. The first-order chi connectivity index (χ1) is 10.3. The van der Waals surface area contributed by atoms with Crippen molar-refractivity contribution >= 4 is 0 Å². The van der Waals surface area contributed by atoms with E-state index in [-0.39, 0.29) is 5.41 Å². The van der Waals surface area contributed by atoms with Crippen LogP contribution in [0.3, 0.4) is 0 Å². The van der Waals surface area contributed by atoms with Gasteiger partial charge in [0, 0.05) is 5.56 Å². The highest BCUT2D eigenvalue weighted by atomic mass is 14.3. The lowest BCUT2D eigenvalue weighted by Crippen LogP contribution is -2.19. The SMILES string of the molecule is CCCCC=C=CC1(C#Cc2ccccc2)CCCCC1. The molecule has 1 aromatic carbocycles. The van der Waals surface area contributed by atoms with Crippen LogP contribution in [-0.2, 0) is 0 Å². The van der Waals surface area contributed by atoms with E-state index in [9.17, 15) is 0 Å². The molecule has 0 nitrogen and oxygen atoms in total. The van der Waals surface area contributed by atoms with E-state index in [0.29, 0.717) is 0 Å². The molecule has 0 aromatic heterocycles. The van der Waals surface area contributed by atoms with Crippen LogP contribution in [0.2, 0.25) is 0 Å². The molecule has 1 aliphatic rings. The summed E-state index contributed by atoms with van der Waals surface area (Å²) < 4.78 is 0. The van der Waals surface area contributed by atoms with Gasteiger partial charge in [-0.25, -0.2) is 0 Å². The molecule has 1 saturated carbocycles. The number of hydrogen-bond donors (Lipinski definition) is 0. The smallest absolute Gasteiger partial charge is 0.0570 e. The number of hydrogen-bond acceptors (Lipinski definition) is 0. The minimum Gasteiger partial charge on any atom is -0.128 e. The van der Waals surface area contributed by atoms with Gasteiger partial charge in [0.05, 0.1) is 5.41 Å². The van der Waals surface area contributed by atoms with E-state index in [1.807, 2.05) is 6.07 Å². The molecule has 0 atom stereocenters. The van der Waals surface area contributed by atoms with Crippen LogP contribution in [0.1, 0.15) is 63.9 Å². The molecular weight excluding hydrogens is 252 g/mol. The molecule has 0 amide bonds. The fourth-order valence-corrected chi connectivity index (χ4v) is 2.81. The number of unbranched alkanes of at least 4 members (excludes halogenated alkanes) is 2. The quantitative estimate of drug-likeness (QED) is 0.366. The lowest BCUT2D eigenvalue weighted by atomic mass is 9.74. The molecule has 0 bridgehead atoms. The van der Waals surface area contributed by atoms with Crippen molar-refractivity contribution < 1.29 is 0 Å². The van der Waals surface area contributed by atoms with E-state index in [0.717, 1.165) is 12.0 Å². The maximum absolute atomic E-state index is 3.55.